The number of esters is 1. The molecule has 0 bridgehead atoms. The number of nitrogens with zero attached hydrogens (tertiary/aromatic N) is 1. The van der Waals surface area contributed by atoms with E-state index in [9.17, 15) is 14.4 Å². The Morgan fingerprint density at radius 3 is 2.69 bits per heavy atom. The second kappa shape index (κ2) is 8.34. The number of ether oxygens (including phenoxy) is 1. The first kappa shape index (κ1) is 18.4. The van der Waals surface area contributed by atoms with Crippen molar-refractivity contribution in [1.82, 2.24) is 5.32 Å². The average Bonchev–Trinajstić information content (AvgIpc) is 3.07. The second-order valence-electron chi connectivity index (χ2n) is 7.18. The van der Waals surface area contributed by atoms with E-state index in [0.717, 1.165) is 25.7 Å². The van der Waals surface area contributed by atoms with E-state index >= 15 is 0 Å². The molecule has 1 saturated heterocycles. The van der Waals surface area contributed by atoms with Crippen LogP contribution in [0.4, 0.5) is 5.69 Å². The SMILES string of the molecule is C[C@H]1CCCC[C@@H]1NC(=O)COC(=O)c1ccccc1N1CCCC1=O. The van der Waals surface area contributed by atoms with E-state index in [1.807, 2.05) is 0 Å². The quantitative estimate of drug-likeness (QED) is 0.821. The number of nitrogens with one attached hydrogen (secondary N) is 1. The van der Waals surface area contributed by atoms with Gasteiger partial charge in [0, 0.05) is 19.0 Å². The van der Waals surface area contributed by atoms with Gasteiger partial charge in [-0.25, -0.2) is 4.79 Å². The minimum atomic E-state index is -0.577. The molecule has 2 amide bonds. The molecule has 1 N–H and O–H groups in total. The largest absolute Gasteiger partial charge is 0.452 e. The van der Waals surface area contributed by atoms with Gasteiger partial charge in [-0.1, -0.05) is 31.9 Å². The Hall–Kier alpha value is -2.37. The van der Waals surface area contributed by atoms with Gasteiger partial charge in [-0.3, -0.25) is 9.59 Å². The van der Waals surface area contributed by atoms with E-state index in [2.05, 4.69) is 12.2 Å². The van der Waals surface area contributed by atoms with Crippen molar-refractivity contribution in [2.75, 3.05) is 18.1 Å². The Bertz CT molecular complexity index is 688. The number of carbonyl (C=O) groups is 3. The molecule has 1 aromatic rings. The lowest BCUT2D eigenvalue weighted by Crippen LogP contribution is -2.42. The third-order valence-electron chi connectivity index (χ3n) is 5.28. The van der Waals surface area contributed by atoms with Gasteiger partial charge in [0.05, 0.1) is 11.3 Å². The summed E-state index contributed by atoms with van der Waals surface area (Å²) in [5, 5.41) is 2.97. The molecule has 140 valence electrons. The third kappa shape index (κ3) is 4.23. The minimum Gasteiger partial charge on any atom is -0.452 e. The zero-order valence-electron chi connectivity index (χ0n) is 15.2. The molecule has 2 atom stereocenters. The van der Waals surface area contributed by atoms with E-state index in [-0.39, 0.29) is 24.5 Å². The fourth-order valence-electron chi connectivity index (χ4n) is 3.77. The van der Waals surface area contributed by atoms with Crippen LogP contribution in [0.3, 0.4) is 0 Å². The molecular weight excluding hydrogens is 332 g/mol. The van der Waals surface area contributed by atoms with Gasteiger partial charge in [0.1, 0.15) is 0 Å². The first-order valence-corrected chi connectivity index (χ1v) is 9.42. The molecule has 1 saturated carbocycles. The van der Waals surface area contributed by atoms with Crippen LogP contribution in [0.1, 0.15) is 55.8 Å². The van der Waals surface area contributed by atoms with Crippen LogP contribution >= 0.6 is 0 Å². The molecular formula is C20H26N2O4. The summed E-state index contributed by atoms with van der Waals surface area (Å²) in [6.45, 7) is 2.44. The molecule has 0 unspecified atom stereocenters. The smallest absolute Gasteiger partial charge is 0.340 e. The lowest BCUT2D eigenvalue weighted by Gasteiger charge is -2.29. The maximum atomic E-state index is 12.4. The average molecular weight is 358 g/mol. The highest BCUT2D eigenvalue weighted by atomic mass is 16.5. The van der Waals surface area contributed by atoms with Gasteiger partial charge in [-0.05, 0) is 37.3 Å². The number of para-hydroxylation sites is 1. The molecule has 6 nitrogen and oxygen atoms in total. The van der Waals surface area contributed by atoms with Gasteiger partial charge in [0.25, 0.3) is 5.91 Å². The molecule has 1 heterocycles. The van der Waals surface area contributed by atoms with E-state index in [1.165, 1.54) is 6.42 Å². The number of hydrogen-bond donors (Lipinski definition) is 1. The van der Waals surface area contributed by atoms with Crippen molar-refractivity contribution in [3.05, 3.63) is 29.8 Å². The summed E-state index contributed by atoms with van der Waals surface area (Å²) in [6, 6.07) is 7.04. The molecule has 2 aliphatic rings. The van der Waals surface area contributed by atoms with Crippen LogP contribution in [0, 0.1) is 5.92 Å². The normalized spacial score (nSPS) is 23.0. The van der Waals surface area contributed by atoms with Crippen molar-refractivity contribution >= 4 is 23.5 Å². The lowest BCUT2D eigenvalue weighted by molar-refractivity contribution is -0.125. The van der Waals surface area contributed by atoms with Crippen molar-refractivity contribution in [3.8, 4) is 0 Å². The van der Waals surface area contributed by atoms with Crippen molar-refractivity contribution in [2.45, 2.75) is 51.5 Å². The summed E-state index contributed by atoms with van der Waals surface area (Å²) in [5.41, 5.74) is 0.878. The van der Waals surface area contributed by atoms with Gasteiger partial charge in [0.2, 0.25) is 5.91 Å². The predicted molar refractivity (Wildman–Crippen MR) is 97.9 cm³/mol. The molecule has 6 heteroatoms. The fourth-order valence-corrected chi connectivity index (χ4v) is 3.77. The van der Waals surface area contributed by atoms with Crippen molar-refractivity contribution < 1.29 is 19.1 Å². The summed E-state index contributed by atoms with van der Waals surface area (Å²) < 4.78 is 5.21. The summed E-state index contributed by atoms with van der Waals surface area (Å²) in [5.74, 6) is -0.390. The zero-order chi connectivity index (χ0) is 18.5. The van der Waals surface area contributed by atoms with Crippen molar-refractivity contribution in [3.63, 3.8) is 0 Å². The maximum absolute atomic E-state index is 12.4. The monoisotopic (exact) mass is 358 g/mol. The topological polar surface area (TPSA) is 75.7 Å². The molecule has 1 aliphatic carbocycles. The maximum Gasteiger partial charge on any atom is 0.340 e. The fraction of sp³-hybridized carbons (Fsp3) is 0.550. The molecule has 0 aromatic heterocycles. The van der Waals surface area contributed by atoms with Gasteiger partial charge in [-0.15, -0.1) is 0 Å². The highest BCUT2D eigenvalue weighted by molar-refractivity contribution is 6.03. The Morgan fingerprint density at radius 1 is 1.19 bits per heavy atom. The van der Waals surface area contributed by atoms with Crippen LogP contribution in [-0.2, 0) is 14.3 Å². The van der Waals surface area contributed by atoms with Crippen LogP contribution in [0.25, 0.3) is 0 Å². The minimum absolute atomic E-state index is 0.00859. The first-order chi connectivity index (χ1) is 12.6. The number of amides is 2. The predicted octanol–water partition coefficient (Wildman–Crippen LogP) is 2.67. The van der Waals surface area contributed by atoms with Gasteiger partial charge in [-0.2, -0.15) is 0 Å². The van der Waals surface area contributed by atoms with Crippen molar-refractivity contribution in [2.24, 2.45) is 5.92 Å². The van der Waals surface area contributed by atoms with Crippen LogP contribution in [-0.4, -0.2) is 37.0 Å². The standard InChI is InChI=1S/C20H26N2O4/c1-14-7-2-4-9-16(14)21-18(23)13-26-20(25)15-8-3-5-10-17(15)22-12-6-11-19(22)24/h3,5,8,10,14,16H,2,4,6-7,9,11-13H2,1H3,(H,21,23)/t14-,16-/m0/s1. The van der Waals surface area contributed by atoms with Crippen LogP contribution in [0.15, 0.2) is 24.3 Å². The number of anilines is 1. The first-order valence-electron chi connectivity index (χ1n) is 9.42. The van der Waals surface area contributed by atoms with Gasteiger partial charge >= 0.3 is 5.97 Å². The highest BCUT2D eigenvalue weighted by Gasteiger charge is 2.27. The molecule has 1 aliphatic heterocycles. The molecule has 2 fully saturated rings. The lowest BCUT2D eigenvalue weighted by atomic mass is 9.86. The number of rotatable bonds is 5. The van der Waals surface area contributed by atoms with Crippen LogP contribution in [0.5, 0.6) is 0 Å². The second-order valence-corrected chi connectivity index (χ2v) is 7.18. The van der Waals surface area contributed by atoms with Gasteiger partial charge < -0.3 is 15.0 Å². The van der Waals surface area contributed by atoms with Crippen molar-refractivity contribution in [1.29, 1.82) is 0 Å². The number of hydrogen-bond acceptors (Lipinski definition) is 4. The molecule has 3 rings (SSSR count). The molecule has 26 heavy (non-hydrogen) atoms. The number of benzene rings is 1. The Kier molecular flexibility index (Phi) is 5.91. The van der Waals surface area contributed by atoms with E-state index in [4.69, 9.17) is 4.74 Å². The number of carbonyl (C=O) groups excluding carboxylic acids is 3. The summed E-state index contributed by atoms with van der Waals surface area (Å²) in [7, 11) is 0. The van der Waals surface area contributed by atoms with E-state index < -0.39 is 5.97 Å². The molecule has 0 spiro atoms. The Balaban J connectivity index is 1.58. The van der Waals surface area contributed by atoms with E-state index in [0.29, 0.717) is 30.1 Å². The molecule has 0 radical (unpaired) electrons. The summed E-state index contributed by atoms with van der Waals surface area (Å²) >= 11 is 0. The Labute approximate surface area is 153 Å². The zero-order valence-corrected chi connectivity index (χ0v) is 15.2. The van der Waals surface area contributed by atoms with Gasteiger partial charge in [0.15, 0.2) is 6.61 Å². The van der Waals surface area contributed by atoms with Crippen LogP contribution in [0.2, 0.25) is 0 Å². The summed E-state index contributed by atoms with van der Waals surface area (Å²) in [6.07, 6.45) is 5.68. The molecule has 1 aromatic carbocycles. The van der Waals surface area contributed by atoms with E-state index in [1.54, 1.807) is 29.2 Å². The Morgan fingerprint density at radius 2 is 1.96 bits per heavy atom. The van der Waals surface area contributed by atoms with Crippen LogP contribution < -0.4 is 10.2 Å². The summed E-state index contributed by atoms with van der Waals surface area (Å²) in [4.78, 5) is 38.2. The highest BCUT2D eigenvalue weighted by Crippen LogP contribution is 2.26. The third-order valence-corrected chi connectivity index (χ3v) is 5.28.